The van der Waals surface area contributed by atoms with E-state index in [9.17, 15) is 19.2 Å². The average Bonchev–Trinajstić information content (AvgIpc) is 3.00. The molecule has 0 saturated heterocycles. The molecule has 3 aromatic carbocycles. The van der Waals surface area contributed by atoms with Crippen molar-refractivity contribution in [3.8, 4) is 0 Å². The monoisotopic (exact) mass is 679 g/mol. The van der Waals surface area contributed by atoms with Crippen molar-refractivity contribution >= 4 is 75.2 Å². The zero-order chi connectivity index (χ0) is 28.1. The Bertz CT molecular complexity index is 1400. The normalized spacial score (nSPS) is 15.7. The fourth-order valence-corrected chi connectivity index (χ4v) is 5.15. The van der Waals surface area contributed by atoms with Crippen LogP contribution >= 0.6 is 45.8 Å². The number of carbonyl (C=O) groups is 4. The highest BCUT2D eigenvalue weighted by Gasteiger charge is 2.43. The Kier molecular flexibility index (Phi) is 9.47. The molecule has 1 aliphatic heterocycles. The molecular weight excluding hydrogens is 656 g/mol. The second-order valence-corrected chi connectivity index (χ2v) is 11.1. The maximum Gasteiger partial charge on any atom is 0.303 e. The summed E-state index contributed by atoms with van der Waals surface area (Å²) in [4.78, 5) is 53.9. The molecule has 2 atom stereocenters. The van der Waals surface area contributed by atoms with Gasteiger partial charge in [0, 0.05) is 26.6 Å². The van der Waals surface area contributed by atoms with Gasteiger partial charge in [-0.2, -0.15) is 0 Å². The fourth-order valence-electron chi connectivity index (χ4n) is 4.40. The van der Waals surface area contributed by atoms with Gasteiger partial charge in [0.2, 0.25) is 5.91 Å². The standard InChI is InChI=1S/C28H24Cl2IN3O5/c29-18-8-4-16(5-9-18)24(26(37)32-14-2-1-3-23(35)36)34-25(17-6-10-19(30)11-7-17)27(38)33-22-13-12-20(31)15-21(22)28(34)39/h4-13,15,24-25H,1-3,14H2,(H,32,37)(H,33,38)(H,35,36)/t24-,25-/m0/s1. The summed E-state index contributed by atoms with van der Waals surface area (Å²) >= 11 is 14.3. The predicted molar refractivity (Wildman–Crippen MR) is 157 cm³/mol. The van der Waals surface area contributed by atoms with Crippen molar-refractivity contribution in [1.29, 1.82) is 0 Å². The van der Waals surface area contributed by atoms with E-state index in [0.29, 0.717) is 39.7 Å². The van der Waals surface area contributed by atoms with Crippen LogP contribution in [0.4, 0.5) is 5.69 Å². The van der Waals surface area contributed by atoms with Gasteiger partial charge < -0.3 is 20.6 Å². The van der Waals surface area contributed by atoms with Gasteiger partial charge >= 0.3 is 5.97 Å². The van der Waals surface area contributed by atoms with Gasteiger partial charge in [-0.25, -0.2) is 0 Å². The van der Waals surface area contributed by atoms with Gasteiger partial charge in [0.05, 0.1) is 11.3 Å². The fraction of sp³-hybridized carbons (Fsp3) is 0.214. The number of carboxylic acid groups (broad SMARTS) is 1. The van der Waals surface area contributed by atoms with Crippen molar-refractivity contribution in [2.24, 2.45) is 0 Å². The van der Waals surface area contributed by atoms with Crippen LogP contribution in [0.3, 0.4) is 0 Å². The molecule has 3 aromatic rings. The van der Waals surface area contributed by atoms with Gasteiger partial charge in [0.1, 0.15) is 12.1 Å². The van der Waals surface area contributed by atoms with Crippen LogP contribution in [0, 0.1) is 3.57 Å². The molecule has 3 amide bonds. The largest absolute Gasteiger partial charge is 0.481 e. The summed E-state index contributed by atoms with van der Waals surface area (Å²) in [6.45, 7) is 0.199. The lowest BCUT2D eigenvalue weighted by atomic mass is 9.97. The number of hydrogen-bond donors (Lipinski definition) is 3. The summed E-state index contributed by atoms with van der Waals surface area (Å²) in [5.41, 5.74) is 1.52. The van der Waals surface area contributed by atoms with Crippen molar-refractivity contribution in [2.45, 2.75) is 31.3 Å². The Morgan fingerprint density at radius 3 is 2.26 bits per heavy atom. The van der Waals surface area contributed by atoms with E-state index in [-0.39, 0.29) is 18.5 Å². The number of amides is 3. The second-order valence-electron chi connectivity index (χ2n) is 8.94. The Hall–Kier alpha value is -3.15. The number of rotatable bonds is 9. The third-order valence-corrected chi connectivity index (χ3v) is 7.42. The molecule has 11 heteroatoms. The Morgan fingerprint density at radius 1 is 0.974 bits per heavy atom. The van der Waals surface area contributed by atoms with Crippen LogP contribution in [-0.2, 0) is 14.4 Å². The molecule has 0 radical (unpaired) electrons. The minimum Gasteiger partial charge on any atom is -0.481 e. The first-order valence-corrected chi connectivity index (χ1v) is 13.9. The number of hydrogen-bond acceptors (Lipinski definition) is 4. The molecule has 0 fully saturated rings. The first-order chi connectivity index (χ1) is 18.7. The average molecular weight is 680 g/mol. The summed E-state index contributed by atoms with van der Waals surface area (Å²) in [6, 6.07) is 15.8. The van der Waals surface area contributed by atoms with E-state index in [1.54, 1.807) is 66.7 Å². The molecule has 4 rings (SSSR count). The van der Waals surface area contributed by atoms with E-state index >= 15 is 0 Å². The van der Waals surface area contributed by atoms with Gasteiger partial charge in [-0.1, -0.05) is 47.5 Å². The molecule has 0 spiro atoms. The summed E-state index contributed by atoms with van der Waals surface area (Å²) in [6.07, 6.45) is 0.794. The van der Waals surface area contributed by atoms with Crippen LogP contribution < -0.4 is 10.6 Å². The van der Waals surface area contributed by atoms with Crippen molar-refractivity contribution in [3.05, 3.63) is 97.0 Å². The van der Waals surface area contributed by atoms with E-state index in [1.807, 2.05) is 0 Å². The Morgan fingerprint density at radius 2 is 1.62 bits per heavy atom. The van der Waals surface area contributed by atoms with Crippen LogP contribution in [0.5, 0.6) is 0 Å². The minimum atomic E-state index is -1.20. The summed E-state index contributed by atoms with van der Waals surface area (Å²) in [5.74, 6) is -2.43. The van der Waals surface area contributed by atoms with E-state index in [4.69, 9.17) is 28.3 Å². The molecule has 202 valence electrons. The Labute approximate surface area is 248 Å². The topological polar surface area (TPSA) is 116 Å². The first-order valence-electron chi connectivity index (χ1n) is 12.1. The quantitative estimate of drug-likeness (QED) is 0.194. The van der Waals surface area contributed by atoms with Gasteiger partial charge in [-0.05, 0) is 89.0 Å². The summed E-state index contributed by atoms with van der Waals surface area (Å²) in [7, 11) is 0. The molecule has 0 unspecified atom stereocenters. The number of nitrogens with zero attached hydrogens (tertiary/aromatic N) is 1. The number of carbonyl (C=O) groups excluding carboxylic acids is 3. The predicted octanol–water partition coefficient (Wildman–Crippen LogP) is 5.85. The maximum absolute atomic E-state index is 14.3. The van der Waals surface area contributed by atoms with E-state index in [1.165, 1.54) is 4.90 Å². The van der Waals surface area contributed by atoms with E-state index in [0.717, 1.165) is 3.57 Å². The van der Waals surface area contributed by atoms with Gasteiger partial charge in [-0.15, -0.1) is 0 Å². The van der Waals surface area contributed by atoms with E-state index < -0.39 is 35.8 Å². The molecule has 3 N–H and O–H groups in total. The maximum atomic E-state index is 14.3. The third-order valence-electron chi connectivity index (χ3n) is 6.25. The number of halogens is 3. The van der Waals surface area contributed by atoms with Gasteiger partial charge in [0.25, 0.3) is 11.8 Å². The van der Waals surface area contributed by atoms with Gasteiger partial charge in [0.15, 0.2) is 0 Å². The lowest BCUT2D eigenvalue weighted by Gasteiger charge is -2.35. The molecule has 0 aromatic heterocycles. The zero-order valence-electron chi connectivity index (χ0n) is 20.5. The van der Waals surface area contributed by atoms with Crippen LogP contribution in [0.25, 0.3) is 0 Å². The van der Waals surface area contributed by atoms with Crippen LogP contribution in [0.1, 0.15) is 52.8 Å². The lowest BCUT2D eigenvalue weighted by molar-refractivity contribution is -0.137. The lowest BCUT2D eigenvalue weighted by Crippen LogP contribution is -2.47. The Balaban J connectivity index is 1.82. The number of carboxylic acids is 1. The van der Waals surface area contributed by atoms with Crippen molar-refractivity contribution in [1.82, 2.24) is 10.2 Å². The summed E-state index contributed by atoms with van der Waals surface area (Å²) in [5, 5.41) is 15.5. The number of aliphatic carboxylic acids is 1. The van der Waals surface area contributed by atoms with E-state index in [2.05, 4.69) is 33.2 Å². The molecule has 1 aliphatic rings. The van der Waals surface area contributed by atoms with Crippen molar-refractivity contribution < 1.29 is 24.3 Å². The highest BCUT2D eigenvalue weighted by Crippen LogP contribution is 2.38. The highest BCUT2D eigenvalue weighted by molar-refractivity contribution is 14.1. The third kappa shape index (κ3) is 6.90. The molecular formula is C28H24Cl2IN3O5. The molecule has 39 heavy (non-hydrogen) atoms. The van der Waals surface area contributed by atoms with Crippen molar-refractivity contribution in [2.75, 3.05) is 11.9 Å². The zero-order valence-corrected chi connectivity index (χ0v) is 24.2. The molecule has 0 saturated carbocycles. The van der Waals surface area contributed by atoms with Gasteiger partial charge in [-0.3, -0.25) is 19.2 Å². The summed E-state index contributed by atoms with van der Waals surface area (Å²) < 4.78 is 0.782. The molecule has 0 bridgehead atoms. The SMILES string of the molecule is O=C(O)CCCCNC(=O)[C@H](c1ccc(Cl)cc1)N1C(=O)c2cc(I)ccc2NC(=O)[C@@H]1c1ccc(Cl)cc1. The number of unbranched alkanes of at least 4 members (excludes halogenated alkanes) is 1. The number of benzene rings is 3. The minimum absolute atomic E-state index is 0.0185. The second kappa shape index (κ2) is 12.8. The molecule has 1 heterocycles. The van der Waals surface area contributed by atoms with Crippen LogP contribution in [0.2, 0.25) is 10.0 Å². The first kappa shape index (κ1) is 28.8. The van der Waals surface area contributed by atoms with Crippen molar-refractivity contribution in [3.63, 3.8) is 0 Å². The molecule has 0 aliphatic carbocycles. The van der Waals surface area contributed by atoms with Crippen LogP contribution in [-0.4, -0.2) is 40.2 Å². The number of fused-ring (bicyclic) bond motifs is 1. The van der Waals surface area contributed by atoms with Crippen LogP contribution in [0.15, 0.2) is 66.7 Å². The highest BCUT2D eigenvalue weighted by atomic mass is 127. The number of anilines is 1. The smallest absolute Gasteiger partial charge is 0.303 e. The molecule has 8 nitrogen and oxygen atoms in total. The number of nitrogens with one attached hydrogen (secondary N) is 2.